The highest BCUT2D eigenvalue weighted by molar-refractivity contribution is 7.99. The first-order valence-electron chi connectivity index (χ1n) is 8.18. The number of hydrogen-bond donors (Lipinski definition) is 1. The number of ether oxygens (including phenoxy) is 1. The standard InChI is InChI=1S/C18H14Cl4N4O2S/c1-26-15(8-28-14-5-3-2-4-11(14)20)24-25-18(26)29-9-16(27)23-17-12(21)6-10(19)7-13(17)22/h2-7H,8-9H2,1H3,(H,23,27). The fraction of sp³-hybridized carbons (Fsp3) is 0.167. The average molecular weight is 492 g/mol. The monoisotopic (exact) mass is 490 g/mol. The summed E-state index contributed by atoms with van der Waals surface area (Å²) in [6.07, 6.45) is 0. The Labute approximate surface area is 191 Å². The van der Waals surface area contributed by atoms with Crippen LogP contribution in [-0.2, 0) is 18.4 Å². The first-order chi connectivity index (χ1) is 13.8. The number of aromatic nitrogens is 3. The molecule has 0 saturated heterocycles. The van der Waals surface area contributed by atoms with Gasteiger partial charge < -0.3 is 14.6 Å². The van der Waals surface area contributed by atoms with Crippen molar-refractivity contribution in [3.63, 3.8) is 0 Å². The number of para-hydroxylation sites is 1. The molecule has 0 aliphatic rings. The van der Waals surface area contributed by atoms with Crippen molar-refractivity contribution in [2.24, 2.45) is 7.05 Å². The van der Waals surface area contributed by atoms with Gasteiger partial charge in [0.05, 0.1) is 26.5 Å². The van der Waals surface area contributed by atoms with Gasteiger partial charge in [0.15, 0.2) is 11.0 Å². The minimum Gasteiger partial charge on any atom is -0.484 e. The average Bonchev–Trinajstić information content (AvgIpc) is 3.02. The number of amides is 1. The molecule has 0 fully saturated rings. The molecule has 0 spiro atoms. The third kappa shape index (κ3) is 5.71. The highest BCUT2D eigenvalue weighted by atomic mass is 35.5. The molecule has 11 heteroatoms. The number of thioether (sulfide) groups is 1. The molecule has 0 atom stereocenters. The van der Waals surface area contributed by atoms with Crippen molar-refractivity contribution < 1.29 is 9.53 Å². The molecule has 3 rings (SSSR count). The Morgan fingerprint density at radius 1 is 1.10 bits per heavy atom. The molecule has 2 aromatic carbocycles. The lowest BCUT2D eigenvalue weighted by Gasteiger charge is -2.10. The number of anilines is 1. The summed E-state index contributed by atoms with van der Waals surface area (Å²) in [5.41, 5.74) is 0.315. The normalized spacial score (nSPS) is 10.8. The van der Waals surface area contributed by atoms with E-state index in [-0.39, 0.29) is 28.3 Å². The molecular formula is C18H14Cl4N4O2S. The van der Waals surface area contributed by atoms with Crippen LogP contribution in [0.3, 0.4) is 0 Å². The molecule has 0 radical (unpaired) electrons. The van der Waals surface area contributed by atoms with E-state index in [0.29, 0.717) is 32.5 Å². The summed E-state index contributed by atoms with van der Waals surface area (Å²) in [6, 6.07) is 10.2. The Morgan fingerprint density at radius 3 is 2.48 bits per heavy atom. The van der Waals surface area contributed by atoms with E-state index in [2.05, 4.69) is 15.5 Å². The molecule has 1 amide bonds. The van der Waals surface area contributed by atoms with Gasteiger partial charge in [-0.2, -0.15) is 0 Å². The van der Waals surface area contributed by atoms with E-state index in [1.807, 2.05) is 12.1 Å². The van der Waals surface area contributed by atoms with Crippen molar-refractivity contribution in [1.29, 1.82) is 0 Å². The molecule has 1 aromatic heterocycles. The molecular weight excluding hydrogens is 478 g/mol. The lowest BCUT2D eigenvalue weighted by Crippen LogP contribution is -2.15. The molecule has 0 bridgehead atoms. The molecule has 29 heavy (non-hydrogen) atoms. The molecule has 0 unspecified atom stereocenters. The number of hydrogen-bond acceptors (Lipinski definition) is 5. The Kier molecular flexibility index (Phi) is 7.54. The van der Waals surface area contributed by atoms with Crippen LogP contribution in [0.15, 0.2) is 41.6 Å². The van der Waals surface area contributed by atoms with Gasteiger partial charge in [-0.05, 0) is 24.3 Å². The van der Waals surface area contributed by atoms with Gasteiger partial charge in [0.25, 0.3) is 0 Å². The molecule has 3 aromatic rings. The topological polar surface area (TPSA) is 69.0 Å². The van der Waals surface area contributed by atoms with Gasteiger partial charge in [0, 0.05) is 12.1 Å². The highest BCUT2D eigenvalue weighted by Crippen LogP contribution is 2.34. The molecule has 0 aliphatic carbocycles. The summed E-state index contributed by atoms with van der Waals surface area (Å²) < 4.78 is 7.42. The lowest BCUT2D eigenvalue weighted by molar-refractivity contribution is -0.113. The number of carbonyl (C=O) groups excluding carboxylic acids is 1. The van der Waals surface area contributed by atoms with Gasteiger partial charge in [0.2, 0.25) is 5.91 Å². The number of nitrogens with zero attached hydrogens (tertiary/aromatic N) is 3. The van der Waals surface area contributed by atoms with Crippen LogP contribution in [0.1, 0.15) is 5.82 Å². The number of carbonyl (C=O) groups is 1. The minimum atomic E-state index is -0.294. The molecule has 6 nitrogen and oxygen atoms in total. The van der Waals surface area contributed by atoms with Crippen LogP contribution in [-0.4, -0.2) is 26.4 Å². The largest absolute Gasteiger partial charge is 0.484 e. The van der Waals surface area contributed by atoms with Crippen molar-refractivity contribution in [1.82, 2.24) is 14.8 Å². The van der Waals surface area contributed by atoms with Crippen molar-refractivity contribution in [2.45, 2.75) is 11.8 Å². The van der Waals surface area contributed by atoms with E-state index >= 15 is 0 Å². The Hall–Kier alpha value is -1.64. The summed E-state index contributed by atoms with van der Waals surface area (Å²) in [6.45, 7) is 0.190. The lowest BCUT2D eigenvalue weighted by atomic mass is 10.3. The summed E-state index contributed by atoms with van der Waals surface area (Å²) in [5, 5.41) is 12.8. The third-order valence-electron chi connectivity index (χ3n) is 3.72. The van der Waals surface area contributed by atoms with Crippen molar-refractivity contribution >= 4 is 69.8 Å². The quantitative estimate of drug-likeness (QED) is 0.427. The van der Waals surface area contributed by atoms with Crippen LogP contribution < -0.4 is 10.1 Å². The molecule has 1 N–H and O–H groups in total. The summed E-state index contributed by atoms with van der Waals surface area (Å²) >= 11 is 25.3. The van der Waals surface area contributed by atoms with Crippen molar-refractivity contribution in [2.75, 3.05) is 11.1 Å². The van der Waals surface area contributed by atoms with Gasteiger partial charge in [-0.15, -0.1) is 10.2 Å². The number of benzene rings is 2. The van der Waals surface area contributed by atoms with Crippen LogP contribution in [0.5, 0.6) is 5.75 Å². The smallest absolute Gasteiger partial charge is 0.234 e. The predicted octanol–water partition coefficient (Wildman–Crippen LogP) is 5.74. The third-order valence-corrected chi connectivity index (χ3v) is 5.87. The second-order valence-electron chi connectivity index (χ2n) is 5.76. The molecule has 1 heterocycles. The van der Waals surface area contributed by atoms with E-state index in [4.69, 9.17) is 51.1 Å². The zero-order chi connectivity index (χ0) is 21.0. The first kappa shape index (κ1) is 22.1. The Bertz CT molecular complexity index is 1020. The maximum Gasteiger partial charge on any atom is 0.234 e. The molecule has 152 valence electrons. The first-order valence-corrected chi connectivity index (χ1v) is 10.7. The van der Waals surface area contributed by atoms with E-state index in [0.717, 1.165) is 0 Å². The fourth-order valence-corrected chi connectivity index (χ4v) is 4.10. The van der Waals surface area contributed by atoms with Crippen molar-refractivity contribution in [3.05, 3.63) is 62.3 Å². The second kappa shape index (κ2) is 9.91. The summed E-state index contributed by atoms with van der Waals surface area (Å²) in [7, 11) is 1.79. The highest BCUT2D eigenvalue weighted by Gasteiger charge is 2.15. The zero-order valence-corrected chi connectivity index (χ0v) is 18.8. The van der Waals surface area contributed by atoms with E-state index in [1.54, 1.807) is 23.7 Å². The van der Waals surface area contributed by atoms with E-state index in [1.165, 1.54) is 23.9 Å². The summed E-state index contributed by atoms with van der Waals surface area (Å²) in [5.74, 6) is 0.948. The van der Waals surface area contributed by atoms with E-state index < -0.39 is 0 Å². The summed E-state index contributed by atoms with van der Waals surface area (Å²) in [4.78, 5) is 12.3. The van der Waals surface area contributed by atoms with Gasteiger partial charge in [-0.3, -0.25) is 4.79 Å². The Morgan fingerprint density at radius 2 is 1.79 bits per heavy atom. The van der Waals surface area contributed by atoms with Gasteiger partial charge >= 0.3 is 0 Å². The maximum absolute atomic E-state index is 12.3. The van der Waals surface area contributed by atoms with Gasteiger partial charge in [0.1, 0.15) is 12.4 Å². The minimum absolute atomic E-state index is 0.0899. The molecule has 0 saturated carbocycles. The number of rotatable bonds is 7. The maximum atomic E-state index is 12.3. The number of halogens is 4. The van der Waals surface area contributed by atoms with Crippen LogP contribution >= 0.6 is 58.2 Å². The predicted molar refractivity (Wildman–Crippen MR) is 118 cm³/mol. The fourth-order valence-electron chi connectivity index (χ4n) is 2.27. The van der Waals surface area contributed by atoms with Crippen LogP contribution in [0.4, 0.5) is 5.69 Å². The van der Waals surface area contributed by atoms with Crippen LogP contribution in [0, 0.1) is 0 Å². The molecule has 0 aliphatic heterocycles. The Balaban J connectivity index is 1.57. The van der Waals surface area contributed by atoms with Crippen LogP contribution in [0.2, 0.25) is 20.1 Å². The van der Waals surface area contributed by atoms with Crippen LogP contribution in [0.25, 0.3) is 0 Å². The van der Waals surface area contributed by atoms with Gasteiger partial charge in [-0.25, -0.2) is 0 Å². The van der Waals surface area contributed by atoms with Crippen molar-refractivity contribution in [3.8, 4) is 5.75 Å². The SMILES string of the molecule is Cn1c(COc2ccccc2Cl)nnc1SCC(=O)Nc1c(Cl)cc(Cl)cc1Cl. The van der Waals surface area contributed by atoms with Gasteiger partial charge in [-0.1, -0.05) is 70.3 Å². The zero-order valence-electron chi connectivity index (χ0n) is 15.0. The second-order valence-corrected chi connectivity index (χ2v) is 8.36. The van der Waals surface area contributed by atoms with E-state index in [9.17, 15) is 4.79 Å². The number of nitrogens with one attached hydrogen (secondary N) is 1.